The molecule has 0 rings (SSSR count). The topological polar surface area (TPSA) is 98.7 Å². The fraction of sp³-hybridized carbons (Fsp3) is 0.833. The van der Waals surface area contributed by atoms with Crippen LogP contribution in [0.5, 0.6) is 0 Å². The molecule has 0 aliphatic rings. The van der Waals surface area contributed by atoms with Crippen molar-refractivity contribution in [2.75, 3.05) is 11.5 Å². The van der Waals surface area contributed by atoms with Crippen LogP contribution in [0.3, 0.4) is 0 Å². The van der Waals surface area contributed by atoms with Gasteiger partial charge in [-0.1, -0.05) is 49.3 Å². The molecule has 0 amide bonds. The summed E-state index contributed by atoms with van der Waals surface area (Å²) in [7, 11) is 2.75. The van der Waals surface area contributed by atoms with Gasteiger partial charge in [0.15, 0.2) is 0 Å². The van der Waals surface area contributed by atoms with E-state index >= 15 is 0 Å². The van der Waals surface area contributed by atoms with E-state index in [0.29, 0.717) is 11.5 Å². The first-order chi connectivity index (χ1) is 9.23. The van der Waals surface area contributed by atoms with Crippen LogP contribution in [0.4, 0.5) is 0 Å². The Morgan fingerprint density at radius 1 is 0.850 bits per heavy atom. The van der Waals surface area contributed by atoms with Gasteiger partial charge in [-0.15, -0.1) is 0 Å². The second kappa shape index (κ2) is 10.3. The second-order valence-corrected chi connectivity index (χ2v) is 7.55. The van der Waals surface area contributed by atoms with Gasteiger partial charge >= 0.3 is 11.9 Å². The van der Waals surface area contributed by atoms with Crippen LogP contribution in [0.2, 0.25) is 0 Å². The van der Waals surface area contributed by atoms with Crippen molar-refractivity contribution in [2.45, 2.75) is 51.9 Å². The Labute approximate surface area is 127 Å². The third kappa shape index (κ3) is 9.46. The minimum absolute atomic E-state index is 0.0936. The predicted octanol–water partition coefficient (Wildman–Crippen LogP) is 1.27. The van der Waals surface area contributed by atoms with Crippen LogP contribution in [0, 0.1) is 0 Å². The smallest absolute Gasteiger partial charge is 0.321 e. The van der Waals surface area contributed by atoms with E-state index in [4.69, 9.17) is 10.2 Å². The fourth-order valence-electron chi connectivity index (χ4n) is 1.42. The summed E-state index contributed by atoms with van der Waals surface area (Å²) in [5, 5.41) is 24.0. The standard InChI is InChI=1S/C12H24N2O4S2/c1-7(2)13-9(11(15)16)5-19-20-6-10(12(17)18)14-8(3)4/h7-10,13-14H,5-6H2,1-4H3,(H,15,16)(H,17,18)/t9-,10-/m0/s1. The zero-order chi connectivity index (χ0) is 15.7. The minimum Gasteiger partial charge on any atom is -0.480 e. The number of hydrogen-bond donors (Lipinski definition) is 4. The van der Waals surface area contributed by atoms with Crippen molar-refractivity contribution in [3.05, 3.63) is 0 Å². The third-order valence-electron chi connectivity index (χ3n) is 2.22. The Hall–Kier alpha value is -0.440. The molecule has 2 atom stereocenters. The van der Waals surface area contributed by atoms with Gasteiger partial charge < -0.3 is 20.8 Å². The fourth-order valence-corrected chi connectivity index (χ4v) is 3.75. The molecular weight excluding hydrogens is 300 g/mol. The molecule has 0 aromatic heterocycles. The van der Waals surface area contributed by atoms with Crippen LogP contribution in [0.15, 0.2) is 0 Å². The number of rotatable bonds is 11. The predicted molar refractivity (Wildman–Crippen MR) is 84.3 cm³/mol. The van der Waals surface area contributed by atoms with E-state index in [1.54, 1.807) is 0 Å². The lowest BCUT2D eigenvalue weighted by Gasteiger charge is -2.18. The van der Waals surface area contributed by atoms with E-state index in [9.17, 15) is 9.59 Å². The molecule has 0 aliphatic carbocycles. The molecule has 4 N–H and O–H groups in total. The van der Waals surface area contributed by atoms with Crippen molar-refractivity contribution < 1.29 is 19.8 Å². The van der Waals surface area contributed by atoms with Crippen molar-refractivity contribution in [1.82, 2.24) is 10.6 Å². The lowest BCUT2D eigenvalue weighted by molar-refractivity contribution is -0.139. The summed E-state index contributed by atoms with van der Waals surface area (Å²) in [6, 6.07) is -1.05. The molecule has 0 radical (unpaired) electrons. The molecule has 20 heavy (non-hydrogen) atoms. The van der Waals surface area contributed by atoms with Gasteiger partial charge in [-0.2, -0.15) is 0 Å². The number of carbonyl (C=O) groups is 2. The van der Waals surface area contributed by atoms with Gasteiger partial charge in [-0.05, 0) is 0 Å². The Kier molecular flexibility index (Phi) is 10.1. The molecule has 0 aliphatic heterocycles. The van der Waals surface area contributed by atoms with Crippen molar-refractivity contribution >= 4 is 33.5 Å². The SMILES string of the molecule is CC(C)N[C@@H](CSSC[C@H](NC(C)C)C(=O)O)C(=O)O. The highest BCUT2D eigenvalue weighted by Gasteiger charge is 2.20. The summed E-state index contributed by atoms with van der Waals surface area (Å²) in [5.41, 5.74) is 0. The van der Waals surface area contributed by atoms with Crippen LogP contribution < -0.4 is 10.6 Å². The summed E-state index contributed by atoms with van der Waals surface area (Å²) in [6.45, 7) is 7.56. The van der Waals surface area contributed by atoms with Crippen molar-refractivity contribution in [1.29, 1.82) is 0 Å². The lowest BCUT2D eigenvalue weighted by Crippen LogP contribution is -2.43. The van der Waals surface area contributed by atoms with E-state index < -0.39 is 24.0 Å². The maximum absolute atomic E-state index is 11.0. The molecular formula is C12H24N2O4S2. The maximum Gasteiger partial charge on any atom is 0.321 e. The third-order valence-corrected chi connectivity index (χ3v) is 4.64. The molecule has 0 saturated heterocycles. The Balaban J connectivity index is 4.07. The Morgan fingerprint density at radius 2 is 1.15 bits per heavy atom. The van der Waals surface area contributed by atoms with Crippen molar-refractivity contribution in [2.24, 2.45) is 0 Å². The first-order valence-corrected chi connectivity index (χ1v) is 8.95. The van der Waals surface area contributed by atoms with Gasteiger partial charge in [0, 0.05) is 23.6 Å². The van der Waals surface area contributed by atoms with Gasteiger partial charge in [-0.3, -0.25) is 9.59 Å². The minimum atomic E-state index is -0.887. The zero-order valence-corrected chi connectivity index (χ0v) is 13.9. The highest BCUT2D eigenvalue weighted by atomic mass is 33.1. The molecule has 118 valence electrons. The molecule has 0 bridgehead atoms. The molecule has 8 heteroatoms. The van der Waals surface area contributed by atoms with E-state index in [0.717, 1.165) is 0 Å². The molecule has 0 heterocycles. The number of aliphatic carboxylic acids is 2. The number of carboxylic acids is 2. The molecule has 0 spiro atoms. The zero-order valence-electron chi connectivity index (χ0n) is 12.3. The quantitative estimate of drug-likeness (QED) is 0.333. The van der Waals surface area contributed by atoms with Crippen LogP contribution in [-0.2, 0) is 9.59 Å². The van der Waals surface area contributed by atoms with E-state index in [-0.39, 0.29) is 12.1 Å². The largest absolute Gasteiger partial charge is 0.480 e. The van der Waals surface area contributed by atoms with Gasteiger partial charge in [0.05, 0.1) is 0 Å². The van der Waals surface area contributed by atoms with Gasteiger partial charge in [-0.25, -0.2) is 0 Å². The molecule has 0 fully saturated rings. The Bertz CT molecular complexity index is 284. The summed E-state index contributed by atoms with van der Waals surface area (Å²) in [6.07, 6.45) is 0. The van der Waals surface area contributed by atoms with E-state index in [1.165, 1.54) is 21.6 Å². The average molecular weight is 324 g/mol. The van der Waals surface area contributed by atoms with Crippen molar-refractivity contribution in [3.8, 4) is 0 Å². The molecule has 0 aromatic rings. The Morgan fingerprint density at radius 3 is 1.35 bits per heavy atom. The monoisotopic (exact) mass is 324 g/mol. The van der Waals surface area contributed by atoms with E-state index in [2.05, 4.69) is 10.6 Å². The lowest BCUT2D eigenvalue weighted by atomic mass is 10.3. The van der Waals surface area contributed by atoms with Crippen molar-refractivity contribution in [3.63, 3.8) is 0 Å². The number of carboxylic acid groups (broad SMARTS) is 2. The summed E-state index contributed by atoms with van der Waals surface area (Å²) in [4.78, 5) is 22.1. The van der Waals surface area contributed by atoms with E-state index in [1.807, 2.05) is 27.7 Å². The highest BCUT2D eigenvalue weighted by Crippen LogP contribution is 2.23. The van der Waals surface area contributed by atoms with Crippen LogP contribution in [-0.4, -0.2) is 57.8 Å². The van der Waals surface area contributed by atoms with Crippen LogP contribution >= 0.6 is 21.6 Å². The number of nitrogens with one attached hydrogen (secondary N) is 2. The average Bonchev–Trinajstić information content (AvgIpc) is 2.29. The molecule has 6 nitrogen and oxygen atoms in total. The van der Waals surface area contributed by atoms with Crippen LogP contribution in [0.1, 0.15) is 27.7 Å². The second-order valence-electron chi connectivity index (χ2n) is 4.99. The first-order valence-electron chi connectivity index (χ1n) is 6.46. The highest BCUT2D eigenvalue weighted by molar-refractivity contribution is 8.76. The summed E-state index contributed by atoms with van der Waals surface area (Å²) in [5.74, 6) is -0.984. The normalized spacial score (nSPS) is 14.5. The first kappa shape index (κ1) is 19.6. The summed E-state index contributed by atoms with van der Waals surface area (Å²) >= 11 is 0. The summed E-state index contributed by atoms with van der Waals surface area (Å²) < 4.78 is 0. The number of hydrogen-bond acceptors (Lipinski definition) is 6. The van der Waals surface area contributed by atoms with Gasteiger partial charge in [0.1, 0.15) is 12.1 Å². The van der Waals surface area contributed by atoms with Gasteiger partial charge in [0.2, 0.25) is 0 Å². The van der Waals surface area contributed by atoms with Gasteiger partial charge in [0.25, 0.3) is 0 Å². The van der Waals surface area contributed by atoms with Crippen LogP contribution in [0.25, 0.3) is 0 Å². The molecule has 0 unspecified atom stereocenters. The molecule has 0 aromatic carbocycles. The maximum atomic E-state index is 11.0. The molecule has 0 saturated carbocycles.